The maximum Gasteiger partial charge on any atom is 0.241 e. The van der Waals surface area contributed by atoms with Crippen molar-refractivity contribution in [3.8, 4) is 0 Å². The predicted molar refractivity (Wildman–Crippen MR) is 87.8 cm³/mol. The van der Waals surface area contributed by atoms with Crippen LogP contribution in [0.2, 0.25) is 0 Å². The van der Waals surface area contributed by atoms with E-state index in [1.54, 1.807) is 19.2 Å². The average Bonchev–Trinajstić information content (AvgIpc) is 2.43. The Hall–Kier alpha value is -0.470. The van der Waals surface area contributed by atoms with Gasteiger partial charge in [0.05, 0.1) is 4.90 Å². The molecule has 0 saturated heterocycles. The molecule has 1 atom stereocenters. The normalized spacial score (nSPS) is 13.3. The number of sulfonamides is 1. The fourth-order valence-corrected chi connectivity index (χ4v) is 4.11. The molecule has 0 saturated carbocycles. The number of nitrogens with one attached hydrogen (secondary N) is 2. The summed E-state index contributed by atoms with van der Waals surface area (Å²) in [6, 6.07) is 5.18. The predicted octanol–water partition coefficient (Wildman–Crippen LogP) is 2.26. The molecule has 0 bridgehead atoms. The van der Waals surface area contributed by atoms with Gasteiger partial charge in [0.15, 0.2) is 0 Å². The van der Waals surface area contributed by atoms with Crippen LogP contribution < -0.4 is 10.0 Å². The Morgan fingerprint density at radius 3 is 2.71 bits per heavy atom. The van der Waals surface area contributed by atoms with Gasteiger partial charge in [0.2, 0.25) is 10.0 Å². The third kappa shape index (κ3) is 6.04. The smallest absolute Gasteiger partial charge is 0.241 e. The molecule has 0 aliphatic rings. The van der Waals surface area contributed by atoms with Gasteiger partial charge >= 0.3 is 0 Å². The molecule has 2 N–H and O–H groups in total. The molecule has 0 aliphatic heterocycles. The highest BCUT2D eigenvalue weighted by atomic mass is 79.9. The van der Waals surface area contributed by atoms with Crippen molar-refractivity contribution in [1.29, 1.82) is 0 Å². The van der Waals surface area contributed by atoms with Gasteiger partial charge in [-0.15, -0.1) is 0 Å². The number of ether oxygens (including phenoxy) is 1. The summed E-state index contributed by atoms with van der Waals surface area (Å²) in [4.78, 5) is 0.266. The number of halogens is 1. The third-order valence-corrected chi connectivity index (χ3v) is 5.56. The minimum absolute atomic E-state index is 0.181. The zero-order valence-electron chi connectivity index (χ0n) is 12.6. The number of rotatable bonds is 9. The van der Waals surface area contributed by atoms with Gasteiger partial charge in [-0.2, -0.15) is 0 Å². The van der Waals surface area contributed by atoms with Crippen molar-refractivity contribution in [3.63, 3.8) is 0 Å². The van der Waals surface area contributed by atoms with Gasteiger partial charge < -0.3 is 10.1 Å². The van der Waals surface area contributed by atoms with Crippen LogP contribution in [-0.2, 0) is 21.3 Å². The molecule has 0 fully saturated rings. The number of benzene rings is 1. The number of methoxy groups -OCH3 is 1. The zero-order valence-corrected chi connectivity index (χ0v) is 15.1. The molecule has 120 valence electrons. The number of hydrogen-bond acceptors (Lipinski definition) is 4. The molecular weight excluding hydrogens is 356 g/mol. The Kier molecular flexibility index (Phi) is 7.83. The minimum Gasteiger partial charge on any atom is -0.385 e. The van der Waals surface area contributed by atoms with Gasteiger partial charge in [0.1, 0.15) is 0 Å². The standard InChI is InChI=1S/C14H23BrN2O3S/c1-4-16-10-12-5-6-13(15)14(9-12)21(18,19)17-11(2)7-8-20-3/h5-6,9,11,16-17H,4,7-8,10H2,1-3H3. The molecule has 0 amide bonds. The molecule has 0 radical (unpaired) electrons. The first-order valence-corrected chi connectivity index (χ1v) is 9.18. The summed E-state index contributed by atoms with van der Waals surface area (Å²) in [5.74, 6) is 0. The molecular formula is C14H23BrN2O3S. The van der Waals surface area contributed by atoms with E-state index in [1.807, 2.05) is 19.9 Å². The van der Waals surface area contributed by atoms with Crippen molar-refractivity contribution in [2.75, 3.05) is 20.3 Å². The van der Waals surface area contributed by atoms with E-state index in [0.29, 0.717) is 24.0 Å². The van der Waals surface area contributed by atoms with E-state index in [9.17, 15) is 8.42 Å². The van der Waals surface area contributed by atoms with Crippen molar-refractivity contribution in [1.82, 2.24) is 10.0 Å². The van der Waals surface area contributed by atoms with Crippen LogP contribution in [0.25, 0.3) is 0 Å². The lowest BCUT2D eigenvalue weighted by Crippen LogP contribution is -2.33. The van der Waals surface area contributed by atoms with Crippen LogP contribution in [0.1, 0.15) is 25.8 Å². The summed E-state index contributed by atoms with van der Waals surface area (Å²) in [6.45, 7) is 5.84. The minimum atomic E-state index is -3.55. The van der Waals surface area contributed by atoms with E-state index in [0.717, 1.165) is 12.1 Å². The van der Waals surface area contributed by atoms with Gasteiger partial charge in [0, 0.05) is 30.8 Å². The van der Waals surface area contributed by atoms with Gasteiger partial charge in [0.25, 0.3) is 0 Å². The fraction of sp³-hybridized carbons (Fsp3) is 0.571. The lowest BCUT2D eigenvalue weighted by atomic mass is 10.2. The van der Waals surface area contributed by atoms with E-state index >= 15 is 0 Å². The Bertz CT molecular complexity index is 549. The SMILES string of the molecule is CCNCc1ccc(Br)c(S(=O)(=O)NC(C)CCOC)c1. The molecule has 21 heavy (non-hydrogen) atoms. The second-order valence-corrected chi connectivity index (χ2v) is 7.39. The van der Waals surface area contributed by atoms with E-state index in [2.05, 4.69) is 26.0 Å². The van der Waals surface area contributed by atoms with E-state index in [4.69, 9.17) is 4.74 Å². The maximum absolute atomic E-state index is 12.5. The zero-order chi connectivity index (χ0) is 15.9. The molecule has 1 rings (SSSR count). The second kappa shape index (κ2) is 8.85. The quantitative estimate of drug-likeness (QED) is 0.691. The van der Waals surface area contributed by atoms with Crippen molar-refractivity contribution in [2.45, 2.75) is 37.8 Å². The molecule has 1 unspecified atom stereocenters. The molecule has 0 aliphatic carbocycles. The molecule has 1 aromatic carbocycles. The van der Waals surface area contributed by atoms with Crippen LogP contribution in [0, 0.1) is 0 Å². The molecule has 7 heteroatoms. The molecule has 5 nitrogen and oxygen atoms in total. The van der Waals surface area contributed by atoms with Crippen molar-refractivity contribution < 1.29 is 13.2 Å². The third-order valence-electron chi connectivity index (χ3n) is 2.98. The van der Waals surface area contributed by atoms with E-state index < -0.39 is 10.0 Å². The first-order valence-electron chi connectivity index (χ1n) is 6.91. The van der Waals surface area contributed by atoms with Crippen molar-refractivity contribution >= 4 is 26.0 Å². The van der Waals surface area contributed by atoms with Crippen molar-refractivity contribution in [3.05, 3.63) is 28.2 Å². The average molecular weight is 379 g/mol. The van der Waals surface area contributed by atoms with E-state index in [1.165, 1.54) is 0 Å². The van der Waals surface area contributed by atoms with E-state index in [-0.39, 0.29) is 10.9 Å². The van der Waals surface area contributed by atoms with Gasteiger partial charge in [-0.1, -0.05) is 13.0 Å². The fourth-order valence-electron chi connectivity index (χ4n) is 1.81. The first-order chi connectivity index (χ1) is 9.90. The number of hydrogen-bond donors (Lipinski definition) is 2. The van der Waals surface area contributed by atoms with Gasteiger partial charge in [-0.25, -0.2) is 13.1 Å². The summed E-state index contributed by atoms with van der Waals surface area (Å²) >= 11 is 3.31. The van der Waals surface area contributed by atoms with Crippen LogP contribution in [0.3, 0.4) is 0 Å². The van der Waals surface area contributed by atoms with Gasteiger partial charge in [-0.05, 0) is 53.5 Å². The highest BCUT2D eigenvalue weighted by Crippen LogP contribution is 2.23. The Balaban J connectivity index is 2.90. The largest absolute Gasteiger partial charge is 0.385 e. The monoisotopic (exact) mass is 378 g/mol. The van der Waals surface area contributed by atoms with Crippen LogP contribution >= 0.6 is 15.9 Å². The molecule has 1 aromatic rings. The summed E-state index contributed by atoms with van der Waals surface area (Å²) in [7, 11) is -1.95. The summed E-state index contributed by atoms with van der Waals surface area (Å²) in [6.07, 6.45) is 0.629. The summed E-state index contributed by atoms with van der Waals surface area (Å²) in [5, 5.41) is 3.18. The molecule has 0 spiro atoms. The van der Waals surface area contributed by atoms with Crippen molar-refractivity contribution in [2.24, 2.45) is 0 Å². The lowest BCUT2D eigenvalue weighted by Gasteiger charge is -2.15. The Morgan fingerprint density at radius 2 is 2.10 bits per heavy atom. The highest BCUT2D eigenvalue weighted by Gasteiger charge is 2.20. The Morgan fingerprint density at radius 1 is 1.38 bits per heavy atom. The first kappa shape index (κ1) is 18.6. The summed E-state index contributed by atoms with van der Waals surface area (Å²) in [5.41, 5.74) is 0.935. The topological polar surface area (TPSA) is 67.4 Å². The maximum atomic E-state index is 12.5. The van der Waals surface area contributed by atoms with Crippen LogP contribution in [0.15, 0.2) is 27.6 Å². The lowest BCUT2D eigenvalue weighted by molar-refractivity contribution is 0.188. The molecule has 0 heterocycles. The highest BCUT2D eigenvalue weighted by molar-refractivity contribution is 9.10. The summed E-state index contributed by atoms with van der Waals surface area (Å²) < 4.78 is 33.1. The van der Waals surface area contributed by atoms with Crippen LogP contribution in [0.4, 0.5) is 0 Å². The van der Waals surface area contributed by atoms with Gasteiger partial charge in [-0.3, -0.25) is 0 Å². The second-order valence-electron chi connectivity index (χ2n) is 4.85. The Labute approximate surface area is 135 Å². The van der Waals surface area contributed by atoms with Crippen LogP contribution in [0.5, 0.6) is 0 Å². The van der Waals surface area contributed by atoms with Crippen LogP contribution in [-0.4, -0.2) is 34.7 Å². The molecule has 0 aromatic heterocycles.